The maximum atomic E-state index is 9.71. The lowest BCUT2D eigenvalue weighted by Crippen LogP contribution is -2.24. The number of aliphatic hydroxyl groups is 2. The summed E-state index contributed by atoms with van der Waals surface area (Å²) < 4.78 is 7.22. The van der Waals surface area contributed by atoms with Crippen LogP contribution in [0, 0.1) is 0 Å². The number of nitrogens with two attached hydrogens (primary N) is 1. The second kappa shape index (κ2) is 4.16. The molecule has 0 aliphatic carbocycles. The van der Waals surface area contributed by atoms with E-state index in [0.29, 0.717) is 23.4 Å². The van der Waals surface area contributed by atoms with E-state index in [-0.39, 0.29) is 6.61 Å². The lowest BCUT2D eigenvalue weighted by atomic mass is 10.2. The van der Waals surface area contributed by atoms with Gasteiger partial charge in [0.05, 0.1) is 19.0 Å². The minimum absolute atomic E-state index is 0.221. The summed E-state index contributed by atoms with van der Waals surface area (Å²) in [5, 5.41) is 18.8. The zero-order chi connectivity index (χ0) is 12.7. The van der Waals surface area contributed by atoms with E-state index in [2.05, 4.69) is 15.0 Å². The standard InChI is InChI=1S/C10H13N5O3/c11-9-8-10(13-3-12-9)15(4-14-8)7-1-5(17)6(2-16)18-7/h3-7,16-17H,1-2H2,(H2,11,12,13)/t5-,6+,7+/m0/s1/i12+1,14+1. The largest absolute Gasteiger partial charge is 0.394 e. The van der Waals surface area contributed by atoms with Gasteiger partial charge in [-0.05, 0) is 0 Å². The molecule has 3 atom stereocenters. The molecule has 8 heteroatoms. The van der Waals surface area contributed by atoms with Crippen LogP contribution < -0.4 is 5.73 Å². The van der Waals surface area contributed by atoms with E-state index < -0.39 is 18.4 Å². The lowest BCUT2D eigenvalue weighted by Gasteiger charge is -2.13. The number of fused-ring (bicyclic) bond motifs is 1. The molecule has 0 amide bonds. The summed E-state index contributed by atoms with van der Waals surface area (Å²) in [6, 6.07) is 0. The molecule has 1 fully saturated rings. The van der Waals surface area contributed by atoms with Crippen molar-refractivity contribution in [3.05, 3.63) is 12.7 Å². The van der Waals surface area contributed by atoms with Crippen molar-refractivity contribution < 1.29 is 14.9 Å². The van der Waals surface area contributed by atoms with Gasteiger partial charge in [0, 0.05) is 6.42 Å². The fourth-order valence-corrected chi connectivity index (χ4v) is 2.13. The predicted molar refractivity (Wildman–Crippen MR) is 61.4 cm³/mol. The lowest BCUT2D eigenvalue weighted by molar-refractivity contribution is -0.0432. The van der Waals surface area contributed by atoms with Crippen LogP contribution in [0.4, 0.5) is 5.82 Å². The molecule has 18 heavy (non-hydrogen) atoms. The van der Waals surface area contributed by atoms with Crippen molar-refractivity contribution in [2.45, 2.75) is 24.9 Å². The number of rotatable bonds is 2. The second-order valence-corrected chi connectivity index (χ2v) is 4.20. The Morgan fingerprint density at radius 3 is 3.00 bits per heavy atom. The SMILES string of the molecule is Nc1[15n]cnc2c1[15n]cn2[C@H]1C[C@H](O)[C@@H](CO)O1. The fourth-order valence-electron chi connectivity index (χ4n) is 2.13. The van der Waals surface area contributed by atoms with Crippen LogP contribution in [-0.2, 0) is 4.74 Å². The van der Waals surface area contributed by atoms with Crippen molar-refractivity contribution in [2.75, 3.05) is 12.3 Å². The molecule has 0 bridgehead atoms. The Bertz CT molecular complexity index is 572. The summed E-state index contributed by atoms with van der Waals surface area (Å²) in [6.07, 6.45) is 1.60. The molecule has 0 aromatic carbocycles. The summed E-state index contributed by atoms with van der Waals surface area (Å²) in [5.74, 6) is 0.302. The van der Waals surface area contributed by atoms with Crippen LogP contribution in [0.15, 0.2) is 12.7 Å². The van der Waals surface area contributed by atoms with Crippen LogP contribution in [0.2, 0.25) is 0 Å². The van der Waals surface area contributed by atoms with E-state index in [1.165, 1.54) is 6.33 Å². The number of ether oxygens (including phenoxy) is 1. The molecule has 8 nitrogen and oxygen atoms in total. The molecular weight excluding hydrogens is 240 g/mol. The smallest absolute Gasteiger partial charge is 0.167 e. The molecule has 3 heterocycles. The van der Waals surface area contributed by atoms with Crippen LogP contribution in [0.5, 0.6) is 0 Å². The Morgan fingerprint density at radius 2 is 2.28 bits per heavy atom. The number of anilines is 1. The second-order valence-electron chi connectivity index (χ2n) is 4.20. The van der Waals surface area contributed by atoms with Crippen molar-refractivity contribution >= 4 is 17.0 Å². The van der Waals surface area contributed by atoms with Crippen molar-refractivity contribution in [1.82, 2.24) is 19.5 Å². The number of hydrogen-bond acceptors (Lipinski definition) is 7. The first-order valence-electron chi connectivity index (χ1n) is 5.58. The number of hydrogen-bond donors (Lipinski definition) is 3. The fraction of sp³-hybridized carbons (Fsp3) is 0.500. The normalized spacial score (nSPS) is 28.0. The van der Waals surface area contributed by atoms with E-state index in [1.807, 2.05) is 0 Å². The first kappa shape index (κ1) is 11.3. The highest BCUT2D eigenvalue weighted by Gasteiger charge is 2.35. The van der Waals surface area contributed by atoms with Gasteiger partial charge in [0.2, 0.25) is 0 Å². The van der Waals surface area contributed by atoms with Gasteiger partial charge < -0.3 is 20.7 Å². The highest BCUT2D eigenvalue weighted by molar-refractivity contribution is 5.81. The van der Waals surface area contributed by atoms with Crippen LogP contribution >= 0.6 is 0 Å². The number of nitrogens with zero attached hydrogens (tertiary/aromatic N) is 4. The minimum Gasteiger partial charge on any atom is -0.394 e. The highest BCUT2D eigenvalue weighted by atomic mass is 16.5. The average Bonchev–Trinajstić information content (AvgIpc) is 2.93. The summed E-state index contributed by atoms with van der Waals surface area (Å²) >= 11 is 0. The summed E-state index contributed by atoms with van der Waals surface area (Å²) in [4.78, 5) is 12.1. The van der Waals surface area contributed by atoms with Crippen LogP contribution in [-0.4, -0.2) is 48.5 Å². The Balaban J connectivity index is 1.99. The zero-order valence-electron chi connectivity index (χ0n) is 9.47. The third kappa shape index (κ3) is 1.62. The van der Waals surface area contributed by atoms with Gasteiger partial charge in [-0.3, -0.25) is 4.57 Å². The quantitative estimate of drug-likeness (QED) is 0.631. The molecule has 3 rings (SSSR count). The van der Waals surface area contributed by atoms with Crippen molar-refractivity contribution in [2.24, 2.45) is 0 Å². The molecule has 2 aromatic heterocycles. The molecule has 1 aliphatic rings. The molecule has 96 valence electrons. The molecule has 0 unspecified atom stereocenters. The molecule has 0 spiro atoms. The third-order valence-corrected chi connectivity index (χ3v) is 3.08. The number of nitrogen functional groups attached to an aromatic ring is 1. The summed E-state index contributed by atoms with van der Waals surface area (Å²) in [7, 11) is 0. The van der Waals surface area contributed by atoms with Crippen LogP contribution in [0.25, 0.3) is 11.2 Å². The number of aliphatic hydroxyl groups excluding tert-OH is 2. The van der Waals surface area contributed by atoms with Gasteiger partial charge in [0.15, 0.2) is 11.5 Å². The molecule has 1 aliphatic heterocycles. The van der Waals surface area contributed by atoms with Gasteiger partial charge in [-0.1, -0.05) is 0 Å². The Labute approximate surface area is 102 Å². The third-order valence-electron chi connectivity index (χ3n) is 3.08. The minimum atomic E-state index is -0.698. The van der Waals surface area contributed by atoms with Gasteiger partial charge >= 0.3 is 0 Å². The average molecular weight is 253 g/mol. The number of imidazole rings is 1. The van der Waals surface area contributed by atoms with E-state index >= 15 is 0 Å². The molecule has 2 aromatic rings. The molecule has 4 N–H and O–H groups in total. The van der Waals surface area contributed by atoms with Gasteiger partial charge in [0.1, 0.15) is 24.2 Å². The van der Waals surface area contributed by atoms with Crippen LogP contribution in [0.1, 0.15) is 12.6 Å². The van der Waals surface area contributed by atoms with E-state index in [0.717, 1.165) is 0 Å². The molecule has 0 radical (unpaired) electrons. The maximum absolute atomic E-state index is 9.71. The van der Waals surface area contributed by atoms with Crippen molar-refractivity contribution in [1.29, 1.82) is 0 Å². The Morgan fingerprint density at radius 1 is 1.44 bits per heavy atom. The number of aromatic nitrogens is 4. The van der Waals surface area contributed by atoms with Gasteiger partial charge in [-0.25, -0.2) is 15.0 Å². The molecular formula is C10H13N5O3. The van der Waals surface area contributed by atoms with E-state index in [4.69, 9.17) is 15.6 Å². The summed E-state index contributed by atoms with van der Waals surface area (Å²) in [5.41, 5.74) is 6.75. The van der Waals surface area contributed by atoms with Gasteiger partial charge in [0.25, 0.3) is 0 Å². The van der Waals surface area contributed by atoms with Gasteiger partial charge in [-0.2, -0.15) is 0 Å². The van der Waals surface area contributed by atoms with E-state index in [9.17, 15) is 5.11 Å². The van der Waals surface area contributed by atoms with E-state index in [1.54, 1.807) is 10.9 Å². The predicted octanol–water partition coefficient (Wildman–Crippen LogP) is -0.951. The van der Waals surface area contributed by atoms with Gasteiger partial charge in [-0.15, -0.1) is 0 Å². The maximum Gasteiger partial charge on any atom is 0.167 e. The van der Waals surface area contributed by atoms with Crippen LogP contribution in [0.3, 0.4) is 0 Å². The molecule has 1 saturated heterocycles. The first-order valence-corrected chi connectivity index (χ1v) is 5.58. The van der Waals surface area contributed by atoms with Crippen molar-refractivity contribution in [3.63, 3.8) is 0 Å². The molecule has 0 saturated carbocycles. The topological polar surface area (TPSA) is 119 Å². The monoisotopic (exact) mass is 253 g/mol. The Kier molecular flexibility index (Phi) is 2.62. The Hall–Kier alpha value is -1.77. The zero-order valence-corrected chi connectivity index (χ0v) is 9.47. The highest BCUT2D eigenvalue weighted by Crippen LogP contribution is 2.30. The van der Waals surface area contributed by atoms with Crippen molar-refractivity contribution in [3.8, 4) is 0 Å². The first-order chi connectivity index (χ1) is 8.70. The summed E-state index contributed by atoms with van der Waals surface area (Å²) in [6.45, 7) is -0.221.